The van der Waals surface area contributed by atoms with Crippen molar-refractivity contribution in [3.05, 3.63) is 234 Å². The number of rotatable bonds is 11. The minimum Gasteiger partial charge on any atom is -0.256 e. The summed E-state index contributed by atoms with van der Waals surface area (Å²) in [6, 6.07) is 50.1. The minimum atomic E-state index is -5.72. The second-order valence-electron chi connectivity index (χ2n) is 23.1. The van der Waals surface area contributed by atoms with Crippen molar-refractivity contribution < 1.29 is 52.7 Å². The SMILES string of the molecule is Cc1sc(-c2ccc(C=Nc3ccc4ccccc4c3-c3c(N=Cc4ccc(-c5sc(C)c(C6=C(c7c(C)sc8ccccc78)C(F)(F)C(F)(F)C6(F)F)c5C)cc4)ccc4ccccc34)cc2)c(C)c1C1=C(c2c(C)sc3ccccc23)C(F)(F)C(F)(F)C1(F)F. The van der Waals surface area contributed by atoms with Crippen LogP contribution < -0.4 is 0 Å². The fourth-order valence-corrected chi connectivity index (χ4v) is 17.8. The Bertz CT molecular complexity index is 4870. The van der Waals surface area contributed by atoms with Crippen molar-refractivity contribution in [3.8, 4) is 32.0 Å². The van der Waals surface area contributed by atoms with E-state index >= 15 is 52.7 Å². The second-order valence-corrected chi connectivity index (χ2v) is 28.1. The van der Waals surface area contributed by atoms with E-state index in [9.17, 15) is 0 Å². The first kappa shape index (κ1) is 61.1. The average Bonchev–Trinajstić information content (AvgIpc) is 1.53. The van der Waals surface area contributed by atoms with Crippen LogP contribution in [0.1, 0.15) is 64.0 Å². The molecule has 0 aliphatic heterocycles. The van der Waals surface area contributed by atoms with Gasteiger partial charge in [0.25, 0.3) is 0 Å². The van der Waals surface area contributed by atoms with Crippen LogP contribution in [0.2, 0.25) is 0 Å². The number of hydrogen-bond acceptors (Lipinski definition) is 6. The lowest BCUT2D eigenvalue weighted by molar-refractivity contribution is -0.254. The van der Waals surface area contributed by atoms with E-state index < -0.39 is 57.8 Å². The molecule has 2 nitrogen and oxygen atoms in total. The third kappa shape index (κ3) is 8.93. The molecule has 14 rings (SSSR count). The first-order chi connectivity index (χ1) is 43.7. The fourth-order valence-electron chi connectivity index (χ4n) is 13.3. The van der Waals surface area contributed by atoms with Crippen molar-refractivity contribution in [1.29, 1.82) is 0 Å². The lowest BCUT2D eigenvalue weighted by atomic mass is 9.90. The van der Waals surface area contributed by atoms with Gasteiger partial charge in [0.1, 0.15) is 0 Å². The Balaban J connectivity index is 0.803. The van der Waals surface area contributed by atoms with Crippen LogP contribution in [0.5, 0.6) is 0 Å². The number of aryl methyl sites for hydroxylation is 4. The van der Waals surface area contributed by atoms with Crippen LogP contribution in [0.3, 0.4) is 0 Å². The van der Waals surface area contributed by atoms with E-state index in [-0.39, 0.29) is 63.7 Å². The first-order valence-electron chi connectivity index (χ1n) is 29.0. The number of fused-ring (bicyclic) bond motifs is 4. The van der Waals surface area contributed by atoms with Crippen molar-refractivity contribution in [2.24, 2.45) is 9.98 Å². The molecular weight excluding hydrogens is 1270 g/mol. The quantitative estimate of drug-likeness (QED) is 0.0911. The molecule has 92 heavy (non-hydrogen) atoms. The minimum absolute atomic E-state index is 0.162. The maximum atomic E-state index is 16.3. The molecule has 2 aliphatic rings. The Morgan fingerprint density at radius 1 is 0.304 bits per heavy atom. The van der Waals surface area contributed by atoms with Gasteiger partial charge in [-0.05, 0) is 121 Å². The Labute approximate surface area is 535 Å². The Hall–Kier alpha value is -8.42. The van der Waals surface area contributed by atoms with E-state index in [2.05, 4.69) is 0 Å². The fraction of sp³-hybridized carbons (Fsp3) is 0.162. The molecule has 0 N–H and O–H groups in total. The van der Waals surface area contributed by atoms with Gasteiger partial charge >= 0.3 is 35.5 Å². The van der Waals surface area contributed by atoms with Gasteiger partial charge in [-0.2, -0.15) is 52.7 Å². The van der Waals surface area contributed by atoms with Crippen LogP contribution in [0, 0.1) is 41.5 Å². The van der Waals surface area contributed by atoms with Crippen LogP contribution in [0.15, 0.2) is 180 Å². The Kier molecular flexibility index (Phi) is 14.3. The van der Waals surface area contributed by atoms with E-state index in [4.69, 9.17) is 9.98 Å². The molecule has 4 heterocycles. The maximum absolute atomic E-state index is 16.3. The van der Waals surface area contributed by atoms with E-state index in [1.165, 1.54) is 53.7 Å². The summed E-state index contributed by atoms with van der Waals surface area (Å²) in [5.74, 6) is -32.3. The first-order valence-corrected chi connectivity index (χ1v) is 32.2. The number of benzene rings is 8. The molecule has 0 saturated heterocycles. The van der Waals surface area contributed by atoms with Gasteiger partial charge in [0, 0.05) is 118 Å². The third-order valence-electron chi connectivity index (χ3n) is 17.6. The molecule has 0 bridgehead atoms. The van der Waals surface area contributed by atoms with Gasteiger partial charge in [-0.1, -0.05) is 146 Å². The number of halogens is 12. The number of aliphatic imine (C=N–C) groups is 2. The highest BCUT2D eigenvalue weighted by atomic mass is 32.1. The van der Waals surface area contributed by atoms with Crippen molar-refractivity contribution in [3.63, 3.8) is 0 Å². The van der Waals surface area contributed by atoms with Crippen LogP contribution in [-0.2, 0) is 0 Å². The zero-order valence-corrected chi connectivity index (χ0v) is 52.6. The molecule has 12 aromatic rings. The monoisotopic (exact) mass is 1320 g/mol. The molecule has 0 unspecified atom stereocenters. The predicted molar refractivity (Wildman–Crippen MR) is 356 cm³/mol. The molecule has 8 aromatic carbocycles. The molecule has 0 spiro atoms. The van der Waals surface area contributed by atoms with E-state index in [1.54, 1.807) is 97.4 Å². The Morgan fingerprint density at radius 3 is 0.967 bits per heavy atom. The molecule has 4 aromatic heterocycles. The van der Waals surface area contributed by atoms with Crippen LogP contribution in [-0.4, -0.2) is 48.0 Å². The number of allylic oxidation sites excluding steroid dienone is 4. The van der Waals surface area contributed by atoms with Crippen molar-refractivity contribution >= 4 is 133 Å². The molecule has 2 aliphatic carbocycles. The highest BCUT2D eigenvalue weighted by Crippen LogP contribution is 2.69. The molecule has 0 amide bonds. The predicted octanol–water partition coefficient (Wildman–Crippen LogP) is 24.6. The summed E-state index contributed by atoms with van der Waals surface area (Å²) in [5.41, 5.74) is -1.41. The molecule has 0 saturated carbocycles. The van der Waals surface area contributed by atoms with Gasteiger partial charge in [-0.15, -0.1) is 45.3 Å². The summed E-state index contributed by atoms with van der Waals surface area (Å²) in [6.45, 7) is 8.87. The largest absolute Gasteiger partial charge is 0.380 e. The summed E-state index contributed by atoms with van der Waals surface area (Å²) in [7, 11) is 0. The molecule has 462 valence electrons. The maximum Gasteiger partial charge on any atom is 0.380 e. The van der Waals surface area contributed by atoms with Crippen LogP contribution >= 0.6 is 45.3 Å². The summed E-state index contributed by atoms with van der Waals surface area (Å²) in [6.07, 6.45) is 3.34. The molecule has 0 radical (unpaired) electrons. The van der Waals surface area contributed by atoms with Gasteiger partial charge in [-0.25, -0.2) is 0 Å². The summed E-state index contributed by atoms with van der Waals surface area (Å²) in [5, 5.41) is 3.94. The van der Waals surface area contributed by atoms with Gasteiger partial charge < -0.3 is 0 Å². The zero-order valence-electron chi connectivity index (χ0n) is 49.4. The highest BCUT2D eigenvalue weighted by molar-refractivity contribution is 7.20. The molecular formula is C74H48F12N2S4. The third-order valence-corrected chi connectivity index (χ3v) is 22.3. The summed E-state index contributed by atoms with van der Waals surface area (Å²) < 4.78 is 194. The van der Waals surface area contributed by atoms with Crippen LogP contribution in [0.25, 0.3) is 96.0 Å². The summed E-state index contributed by atoms with van der Waals surface area (Å²) >= 11 is 4.26. The number of nitrogens with zero attached hydrogens (tertiary/aromatic N) is 2. The number of hydrogen-bond donors (Lipinski definition) is 0. The number of thiophene rings is 4. The van der Waals surface area contributed by atoms with Crippen molar-refractivity contribution in [2.75, 3.05) is 0 Å². The zero-order chi connectivity index (χ0) is 64.9. The van der Waals surface area contributed by atoms with E-state index in [0.717, 1.165) is 78.0 Å². The van der Waals surface area contributed by atoms with Gasteiger partial charge in [-0.3, -0.25) is 9.98 Å². The van der Waals surface area contributed by atoms with Crippen molar-refractivity contribution in [2.45, 2.75) is 77.1 Å². The van der Waals surface area contributed by atoms with Gasteiger partial charge in [0.05, 0.1) is 11.4 Å². The smallest absolute Gasteiger partial charge is 0.256 e. The molecule has 0 atom stereocenters. The van der Waals surface area contributed by atoms with E-state index in [0.29, 0.717) is 52.8 Å². The lowest BCUT2D eigenvalue weighted by Crippen LogP contribution is -2.49. The number of alkyl halides is 12. The lowest BCUT2D eigenvalue weighted by Gasteiger charge is -2.26. The standard InChI is InChI=1S/C74H48F12N2S4/c1-37-57(63-65(71(79,80)73(83,84)69(63,75)76)59-41(5)89-55-21-13-11-19-51(55)59)39(3)91-67(37)47-27-23-43(24-28-47)35-87-53-33-31-45-15-7-9-17-49(45)61(53)62-50-18-10-8-16-46(50)32-34-54(62)88-36-44-25-29-48(30-26-44)68-38(2)58(40(4)92-68)64-66(72(81,82)74(85,86)70(64,77)78)60-42(6)90-56-22-14-12-20-52(56)60/h7-36H,1-6H3. The molecule has 0 fully saturated rings. The molecule has 18 heteroatoms. The van der Waals surface area contributed by atoms with Crippen LogP contribution in [0.4, 0.5) is 64.1 Å². The van der Waals surface area contributed by atoms with Crippen molar-refractivity contribution in [1.82, 2.24) is 0 Å². The van der Waals surface area contributed by atoms with Gasteiger partial charge in [0.15, 0.2) is 0 Å². The topological polar surface area (TPSA) is 24.7 Å². The summed E-state index contributed by atoms with van der Waals surface area (Å²) in [4.78, 5) is 11.8. The average molecular weight is 1320 g/mol. The highest BCUT2D eigenvalue weighted by Gasteiger charge is 2.82. The normalized spacial score (nSPS) is 17.4. The van der Waals surface area contributed by atoms with Gasteiger partial charge in [0.2, 0.25) is 0 Å². The van der Waals surface area contributed by atoms with E-state index in [1.807, 2.05) is 72.8 Å². The Morgan fingerprint density at radius 2 is 0.609 bits per heavy atom. The second kappa shape index (κ2) is 21.6.